The zero-order chi connectivity index (χ0) is 9.84. The first-order chi connectivity index (χ1) is 6.15. The summed E-state index contributed by atoms with van der Waals surface area (Å²) in [6.45, 7) is -0.254. The molecule has 0 unspecified atom stereocenters. The van der Waals surface area contributed by atoms with Crippen LogP contribution in [-0.4, -0.2) is 32.6 Å². The number of aromatic carboxylic acids is 1. The Morgan fingerprint density at radius 1 is 1.54 bits per heavy atom. The maximum absolute atomic E-state index is 11.0. The molecule has 6 nitrogen and oxygen atoms in total. The van der Waals surface area contributed by atoms with Crippen molar-refractivity contribution in [3.05, 3.63) is 28.2 Å². The molecular formula is C7H8N2O4. The monoisotopic (exact) mass is 184 g/mol. The molecule has 0 saturated carbocycles. The summed E-state index contributed by atoms with van der Waals surface area (Å²) >= 11 is 0. The fourth-order valence-electron chi connectivity index (χ4n) is 0.818. The SMILES string of the molecule is O=C(O)c1ccc(=O)n(CCO)n1. The molecule has 70 valence electrons. The van der Waals surface area contributed by atoms with Gasteiger partial charge >= 0.3 is 5.97 Å². The summed E-state index contributed by atoms with van der Waals surface area (Å²) in [5.41, 5.74) is -0.646. The lowest BCUT2D eigenvalue weighted by atomic mass is 10.4. The quantitative estimate of drug-likeness (QED) is 0.624. The standard InChI is InChI=1S/C7H8N2O4/c10-4-3-9-6(11)2-1-5(8-9)7(12)13/h1-2,10H,3-4H2,(H,12,13). The average molecular weight is 184 g/mol. The van der Waals surface area contributed by atoms with Crippen LogP contribution in [0.15, 0.2) is 16.9 Å². The van der Waals surface area contributed by atoms with Crippen molar-refractivity contribution >= 4 is 5.97 Å². The van der Waals surface area contributed by atoms with Gasteiger partial charge in [0.15, 0.2) is 5.69 Å². The number of carboxylic acid groups (broad SMARTS) is 1. The number of aliphatic hydroxyl groups excluding tert-OH is 1. The Morgan fingerprint density at radius 2 is 2.23 bits per heavy atom. The summed E-state index contributed by atoms with van der Waals surface area (Å²) in [6, 6.07) is 2.23. The zero-order valence-electron chi connectivity index (χ0n) is 6.67. The highest BCUT2D eigenvalue weighted by Gasteiger charge is 2.06. The van der Waals surface area contributed by atoms with Gasteiger partial charge in [-0.1, -0.05) is 0 Å². The highest BCUT2D eigenvalue weighted by Crippen LogP contribution is 1.89. The summed E-state index contributed by atoms with van der Waals surface area (Å²) < 4.78 is 0.906. The van der Waals surface area contributed by atoms with E-state index >= 15 is 0 Å². The lowest BCUT2D eigenvalue weighted by molar-refractivity contribution is 0.0686. The minimum atomic E-state index is -1.20. The lowest BCUT2D eigenvalue weighted by Crippen LogP contribution is -2.25. The second-order valence-electron chi connectivity index (χ2n) is 2.31. The van der Waals surface area contributed by atoms with Gasteiger partial charge in [0.25, 0.3) is 5.56 Å². The molecule has 0 radical (unpaired) electrons. The Kier molecular flexibility index (Phi) is 2.76. The van der Waals surface area contributed by atoms with Crippen molar-refractivity contribution in [1.82, 2.24) is 9.78 Å². The van der Waals surface area contributed by atoms with Crippen LogP contribution in [0.5, 0.6) is 0 Å². The Morgan fingerprint density at radius 3 is 2.77 bits per heavy atom. The number of carbonyl (C=O) groups is 1. The van der Waals surface area contributed by atoms with E-state index in [0.717, 1.165) is 16.8 Å². The van der Waals surface area contributed by atoms with E-state index in [1.54, 1.807) is 0 Å². The van der Waals surface area contributed by atoms with Gasteiger partial charge in [-0.3, -0.25) is 4.79 Å². The van der Waals surface area contributed by atoms with Crippen molar-refractivity contribution in [2.45, 2.75) is 6.54 Å². The summed E-state index contributed by atoms with van der Waals surface area (Å²) in [4.78, 5) is 21.4. The molecule has 1 aromatic heterocycles. The fourth-order valence-corrected chi connectivity index (χ4v) is 0.818. The highest BCUT2D eigenvalue weighted by molar-refractivity contribution is 5.84. The highest BCUT2D eigenvalue weighted by atomic mass is 16.4. The van der Waals surface area contributed by atoms with E-state index in [-0.39, 0.29) is 18.8 Å². The molecule has 13 heavy (non-hydrogen) atoms. The van der Waals surface area contributed by atoms with Crippen LogP contribution in [0.2, 0.25) is 0 Å². The number of hydrogen-bond donors (Lipinski definition) is 2. The van der Waals surface area contributed by atoms with Crippen LogP contribution in [-0.2, 0) is 6.54 Å². The van der Waals surface area contributed by atoms with Crippen LogP contribution >= 0.6 is 0 Å². The number of rotatable bonds is 3. The van der Waals surface area contributed by atoms with Gasteiger partial charge in [0.2, 0.25) is 0 Å². The molecule has 0 atom stereocenters. The first-order valence-corrected chi connectivity index (χ1v) is 3.57. The van der Waals surface area contributed by atoms with Gasteiger partial charge in [0, 0.05) is 6.07 Å². The van der Waals surface area contributed by atoms with Crippen molar-refractivity contribution in [3.63, 3.8) is 0 Å². The normalized spacial score (nSPS) is 9.92. The third kappa shape index (κ3) is 2.12. The molecule has 0 aliphatic carbocycles. The van der Waals surface area contributed by atoms with Gasteiger partial charge in [-0.05, 0) is 6.07 Å². The fraction of sp³-hybridized carbons (Fsp3) is 0.286. The minimum Gasteiger partial charge on any atom is -0.476 e. The number of hydrogen-bond acceptors (Lipinski definition) is 4. The molecule has 1 aromatic rings. The third-order valence-corrected chi connectivity index (χ3v) is 1.40. The molecule has 2 N–H and O–H groups in total. The Labute approximate surface area is 73.1 Å². The summed E-state index contributed by atoms with van der Waals surface area (Å²) in [5.74, 6) is -1.20. The lowest BCUT2D eigenvalue weighted by Gasteiger charge is -2.01. The first kappa shape index (κ1) is 9.40. The molecule has 0 amide bonds. The molecule has 1 rings (SSSR count). The summed E-state index contributed by atoms with van der Waals surface area (Å²) in [6.07, 6.45) is 0. The van der Waals surface area contributed by atoms with E-state index in [2.05, 4.69) is 5.10 Å². The van der Waals surface area contributed by atoms with Gasteiger partial charge in [-0.2, -0.15) is 5.10 Å². The van der Waals surface area contributed by atoms with Crippen LogP contribution in [0.3, 0.4) is 0 Å². The topological polar surface area (TPSA) is 92.4 Å². The number of nitrogens with zero attached hydrogens (tertiary/aromatic N) is 2. The van der Waals surface area contributed by atoms with Gasteiger partial charge < -0.3 is 10.2 Å². The van der Waals surface area contributed by atoms with Crippen LogP contribution in [0.25, 0.3) is 0 Å². The predicted octanol–water partition coefficient (Wildman–Crippen LogP) is -1.07. The average Bonchev–Trinajstić information content (AvgIpc) is 2.08. The zero-order valence-corrected chi connectivity index (χ0v) is 6.67. The van der Waals surface area contributed by atoms with Crippen LogP contribution in [0, 0.1) is 0 Å². The molecule has 0 aliphatic rings. The largest absolute Gasteiger partial charge is 0.476 e. The van der Waals surface area contributed by atoms with E-state index in [4.69, 9.17) is 10.2 Å². The minimum absolute atomic E-state index is 0.0000463. The smallest absolute Gasteiger partial charge is 0.356 e. The third-order valence-electron chi connectivity index (χ3n) is 1.40. The van der Waals surface area contributed by atoms with Gasteiger partial charge in [-0.15, -0.1) is 0 Å². The first-order valence-electron chi connectivity index (χ1n) is 3.57. The van der Waals surface area contributed by atoms with Crippen molar-refractivity contribution in [2.75, 3.05) is 6.61 Å². The van der Waals surface area contributed by atoms with E-state index in [9.17, 15) is 9.59 Å². The van der Waals surface area contributed by atoms with Gasteiger partial charge in [-0.25, -0.2) is 9.48 Å². The number of carboxylic acids is 1. The second kappa shape index (κ2) is 3.81. The molecule has 0 saturated heterocycles. The van der Waals surface area contributed by atoms with Crippen LogP contribution < -0.4 is 5.56 Å². The van der Waals surface area contributed by atoms with Crippen molar-refractivity contribution < 1.29 is 15.0 Å². The molecule has 0 bridgehead atoms. The molecular weight excluding hydrogens is 176 g/mol. The predicted molar refractivity (Wildman–Crippen MR) is 42.5 cm³/mol. The molecule has 0 spiro atoms. The van der Waals surface area contributed by atoms with E-state index in [1.807, 2.05) is 0 Å². The second-order valence-corrected chi connectivity index (χ2v) is 2.31. The maximum Gasteiger partial charge on any atom is 0.356 e. The molecule has 1 heterocycles. The van der Waals surface area contributed by atoms with Gasteiger partial charge in [0.05, 0.1) is 13.2 Å². The van der Waals surface area contributed by atoms with Crippen molar-refractivity contribution in [1.29, 1.82) is 0 Å². The Hall–Kier alpha value is -1.69. The molecule has 0 aliphatic heterocycles. The summed E-state index contributed by atoms with van der Waals surface area (Å²) in [7, 11) is 0. The van der Waals surface area contributed by atoms with Crippen LogP contribution in [0.4, 0.5) is 0 Å². The van der Waals surface area contributed by atoms with Crippen molar-refractivity contribution in [2.24, 2.45) is 0 Å². The Bertz CT molecular complexity index is 371. The number of aromatic nitrogens is 2. The Balaban J connectivity index is 3.11. The van der Waals surface area contributed by atoms with Crippen LogP contribution in [0.1, 0.15) is 10.5 Å². The molecule has 0 fully saturated rings. The van der Waals surface area contributed by atoms with Gasteiger partial charge in [0.1, 0.15) is 0 Å². The van der Waals surface area contributed by atoms with E-state index in [0.29, 0.717) is 0 Å². The molecule has 0 aromatic carbocycles. The summed E-state index contributed by atoms with van der Waals surface area (Å²) in [5, 5.41) is 20.6. The molecule has 6 heteroatoms. The maximum atomic E-state index is 11.0. The number of aliphatic hydroxyl groups is 1. The van der Waals surface area contributed by atoms with E-state index < -0.39 is 11.5 Å². The van der Waals surface area contributed by atoms with Crippen molar-refractivity contribution in [3.8, 4) is 0 Å². The van der Waals surface area contributed by atoms with E-state index in [1.165, 1.54) is 0 Å².